The Kier molecular flexibility index (Phi) is 8.34. The summed E-state index contributed by atoms with van der Waals surface area (Å²) >= 11 is 0. The van der Waals surface area contributed by atoms with Gasteiger partial charge in [0, 0.05) is 24.2 Å². The molecule has 0 spiro atoms. The summed E-state index contributed by atoms with van der Waals surface area (Å²) in [6.45, 7) is 3.16. The van der Waals surface area contributed by atoms with Crippen molar-refractivity contribution < 1.29 is 19.1 Å². The van der Waals surface area contributed by atoms with Gasteiger partial charge in [0.2, 0.25) is 5.91 Å². The summed E-state index contributed by atoms with van der Waals surface area (Å²) in [5.74, 6) is 1.13. The summed E-state index contributed by atoms with van der Waals surface area (Å²) in [5, 5.41) is 5.78. The van der Waals surface area contributed by atoms with Gasteiger partial charge in [0.15, 0.2) is 0 Å². The Morgan fingerprint density at radius 3 is 2.36 bits per heavy atom. The van der Waals surface area contributed by atoms with Gasteiger partial charge < -0.3 is 20.1 Å². The lowest BCUT2D eigenvalue weighted by Gasteiger charge is -2.11. The molecule has 0 atom stereocenters. The monoisotopic (exact) mass is 384 g/mol. The molecule has 6 nitrogen and oxygen atoms in total. The molecule has 0 bridgehead atoms. The Bertz CT molecular complexity index is 788. The third-order valence-corrected chi connectivity index (χ3v) is 4.36. The fourth-order valence-electron chi connectivity index (χ4n) is 2.71. The maximum absolute atomic E-state index is 12.3. The van der Waals surface area contributed by atoms with Gasteiger partial charge in [-0.15, -0.1) is 0 Å². The number of benzene rings is 2. The quantitative estimate of drug-likeness (QED) is 0.617. The summed E-state index contributed by atoms with van der Waals surface area (Å²) in [6.07, 6.45) is 2.20. The number of hydrogen-bond acceptors (Lipinski definition) is 4. The number of nitrogens with one attached hydrogen (secondary N) is 2. The van der Waals surface area contributed by atoms with Crippen LogP contribution in [0, 0.1) is 0 Å². The van der Waals surface area contributed by atoms with E-state index in [1.165, 1.54) is 0 Å². The Hall–Kier alpha value is -3.02. The Morgan fingerprint density at radius 1 is 0.964 bits per heavy atom. The number of rotatable bonds is 10. The molecule has 0 fully saturated rings. The largest absolute Gasteiger partial charge is 0.497 e. The molecule has 0 unspecified atom stereocenters. The van der Waals surface area contributed by atoms with Crippen molar-refractivity contribution in [3.63, 3.8) is 0 Å². The van der Waals surface area contributed by atoms with Gasteiger partial charge in [-0.05, 0) is 42.3 Å². The Balaban J connectivity index is 1.88. The highest BCUT2D eigenvalue weighted by molar-refractivity contribution is 5.94. The maximum atomic E-state index is 12.3. The molecule has 2 N–H and O–H groups in total. The number of methoxy groups -OCH3 is 2. The summed E-state index contributed by atoms with van der Waals surface area (Å²) in [6, 6.07) is 12.6. The van der Waals surface area contributed by atoms with Crippen molar-refractivity contribution in [3.05, 3.63) is 59.2 Å². The molecule has 2 amide bonds. The number of unbranched alkanes of at least 4 members (excludes halogenated alkanes) is 1. The molecule has 2 aromatic rings. The van der Waals surface area contributed by atoms with Gasteiger partial charge in [0.1, 0.15) is 11.5 Å². The molecule has 0 aromatic heterocycles. The zero-order valence-corrected chi connectivity index (χ0v) is 16.7. The predicted octanol–water partition coefficient (Wildman–Crippen LogP) is 3.09. The lowest BCUT2D eigenvalue weighted by atomic mass is 10.1. The molecule has 0 saturated heterocycles. The van der Waals surface area contributed by atoms with Crippen LogP contribution in [0.4, 0.5) is 0 Å². The van der Waals surface area contributed by atoms with Crippen LogP contribution in [0.1, 0.15) is 41.3 Å². The molecule has 0 heterocycles. The molecule has 0 saturated carbocycles. The molecule has 0 aliphatic heterocycles. The van der Waals surface area contributed by atoms with Crippen molar-refractivity contribution in [2.24, 2.45) is 0 Å². The molecule has 2 aromatic carbocycles. The van der Waals surface area contributed by atoms with Gasteiger partial charge in [-0.3, -0.25) is 9.59 Å². The predicted molar refractivity (Wildman–Crippen MR) is 109 cm³/mol. The smallest absolute Gasteiger partial charge is 0.251 e. The number of carbonyl (C=O) groups is 2. The molecule has 150 valence electrons. The number of hydrogen-bond donors (Lipinski definition) is 2. The highest BCUT2D eigenvalue weighted by Crippen LogP contribution is 2.24. The van der Waals surface area contributed by atoms with Gasteiger partial charge in [-0.1, -0.05) is 25.5 Å². The maximum Gasteiger partial charge on any atom is 0.251 e. The van der Waals surface area contributed by atoms with Crippen LogP contribution in [0.5, 0.6) is 11.5 Å². The zero-order chi connectivity index (χ0) is 20.4. The number of carbonyl (C=O) groups excluding carboxylic acids is 2. The molecule has 0 radical (unpaired) electrons. The van der Waals surface area contributed by atoms with Crippen LogP contribution in [0.15, 0.2) is 42.5 Å². The average molecular weight is 384 g/mol. The molecule has 0 aliphatic rings. The third-order valence-electron chi connectivity index (χ3n) is 4.36. The van der Waals surface area contributed by atoms with Crippen LogP contribution in [-0.4, -0.2) is 32.6 Å². The van der Waals surface area contributed by atoms with Crippen molar-refractivity contribution in [2.45, 2.75) is 32.7 Å². The second-order valence-electron chi connectivity index (χ2n) is 6.44. The Labute approximate surface area is 166 Å². The molecule has 28 heavy (non-hydrogen) atoms. The molecule has 0 aliphatic carbocycles. The second kappa shape index (κ2) is 11.0. The van der Waals surface area contributed by atoms with Crippen LogP contribution in [-0.2, 0) is 17.8 Å². The standard InChI is InChI=1S/C22H28N2O4/c1-4-5-12-23-22(26)17-8-6-16(7-9-17)15-24-21(25)14-18-13-19(27-2)10-11-20(18)28-3/h6-11,13H,4-5,12,14-15H2,1-3H3,(H,23,26)(H,24,25). The highest BCUT2D eigenvalue weighted by Gasteiger charge is 2.11. The number of amides is 2. The van der Waals surface area contributed by atoms with Crippen LogP contribution in [0.2, 0.25) is 0 Å². The van der Waals surface area contributed by atoms with Crippen molar-refractivity contribution in [2.75, 3.05) is 20.8 Å². The molecule has 2 rings (SSSR count). The summed E-state index contributed by atoms with van der Waals surface area (Å²) < 4.78 is 10.5. The van der Waals surface area contributed by atoms with Gasteiger partial charge in [-0.25, -0.2) is 0 Å². The van der Waals surface area contributed by atoms with Crippen LogP contribution >= 0.6 is 0 Å². The van der Waals surface area contributed by atoms with Gasteiger partial charge in [0.05, 0.1) is 20.6 Å². The van der Waals surface area contributed by atoms with E-state index in [4.69, 9.17) is 9.47 Å². The highest BCUT2D eigenvalue weighted by atomic mass is 16.5. The topological polar surface area (TPSA) is 76.7 Å². The first kappa shape index (κ1) is 21.3. The van der Waals surface area contributed by atoms with E-state index in [0.29, 0.717) is 30.2 Å². The molecular formula is C22H28N2O4. The lowest BCUT2D eigenvalue weighted by Crippen LogP contribution is -2.25. The van der Waals surface area contributed by atoms with Crippen molar-refractivity contribution in [1.82, 2.24) is 10.6 Å². The van der Waals surface area contributed by atoms with Crippen molar-refractivity contribution in [3.8, 4) is 11.5 Å². The van der Waals surface area contributed by atoms with E-state index < -0.39 is 0 Å². The van der Waals surface area contributed by atoms with Crippen molar-refractivity contribution in [1.29, 1.82) is 0 Å². The zero-order valence-electron chi connectivity index (χ0n) is 16.7. The van der Waals surface area contributed by atoms with E-state index in [2.05, 4.69) is 17.6 Å². The first-order valence-corrected chi connectivity index (χ1v) is 9.42. The van der Waals surface area contributed by atoms with E-state index >= 15 is 0 Å². The fourth-order valence-corrected chi connectivity index (χ4v) is 2.71. The second-order valence-corrected chi connectivity index (χ2v) is 6.44. The summed E-state index contributed by atoms with van der Waals surface area (Å²) in [7, 11) is 3.16. The Morgan fingerprint density at radius 2 is 1.71 bits per heavy atom. The lowest BCUT2D eigenvalue weighted by molar-refractivity contribution is -0.120. The van der Waals surface area contributed by atoms with Crippen LogP contribution in [0.25, 0.3) is 0 Å². The first-order valence-electron chi connectivity index (χ1n) is 9.42. The summed E-state index contributed by atoms with van der Waals surface area (Å²) in [4.78, 5) is 24.3. The normalized spacial score (nSPS) is 10.2. The first-order chi connectivity index (χ1) is 13.6. The SMILES string of the molecule is CCCCNC(=O)c1ccc(CNC(=O)Cc2cc(OC)ccc2OC)cc1. The van der Waals surface area contributed by atoms with Crippen LogP contribution < -0.4 is 20.1 Å². The molecular weight excluding hydrogens is 356 g/mol. The van der Waals surface area contributed by atoms with E-state index in [1.54, 1.807) is 44.6 Å². The third kappa shape index (κ3) is 6.30. The van der Waals surface area contributed by atoms with Gasteiger partial charge >= 0.3 is 0 Å². The minimum Gasteiger partial charge on any atom is -0.497 e. The summed E-state index contributed by atoms with van der Waals surface area (Å²) in [5.41, 5.74) is 2.31. The van der Waals surface area contributed by atoms with Gasteiger partial charge in [0.25, 0.3) is 5.91 Å². The molecule has 6 heteroatoms. The van der Waals surface area contributed by atoms with E-state index in [0.717, 1.165) is 24.0 Å². The van der Waals surface area contributed by atoms with E-state index in [-0.39, 0.29) is 18.2 Å². The van der Waals surface area contributed by atoms with Crippen LogP contribution in [0.3, 0.4) is 0 Å². The van der Waals surface area contributed by atoms with Crippen molar-refractivity contribution >= 4 is 11.8 Å². The minimum atomic E-state index is -0.118. The minimum absolute atomic E-state index is 0.0749. The van der Waals surface area contributed by atoms with E-state index in [9.17, 15) is 9.59 Å². The average Bonchev–Trinajstić information content (AvgIpc) is 2.72. The number of ether oxygens (including phenoxy) is 2. The van der Waals surface area contributed by atoms with Gasteiger partial charge in [-0.2, -0.15) is 0 Å². The fraction of sp³-hybridized carbons (Fsp3) is 0.364. The van der Waals surface area contributed by atoms with E-state index in [1.807, 2.05) is 12.1 Å².